The molecule has 0 N–H and O–H groups in total. The molecule has 0 aromatic rings. The summed E-state index contributed by atoms with van der Waals surface area (Å²) in [5.41, 5.74) is 0.147. The van der Waals surface area contributed by atoms with E-state index in [2.05, 4.69) is 24.9 Å². The fourth-order valence-electron chi connectivity index (χ4n) is 2.11. The Morgan fingerprint density at radius 3 is 2.91 bits per heavy atom. The second-order valence-electron chi connectivity index (χ2n) is 3.85. The van der Waals surface area contributed by atoms with Gasteiger partial charge in [0.2, 0.25) is 0 Å². The van der Waals surface area contributed by atoms with Gasteiger partial charge in [0, 0.05) is 25.4 Å². The Hall–Kier alpha value is -0.500. The number of likely N-dealkylation sites (tertiary alicyclic amines) is 1. The van der Waals surface area contributed by atoms with Crippen molar-refractivity contribution >= 4 is 0 Å². The lowest BCUT2D eigenvalue weighted by molar-refractivity contribution is 0.0554. The zero-order chi connectivity index (χ0) is 7.90. The van der Waals surface area contributed by atoms with Crippen molar-refractivity contribution in [1.82, 2.24) is 4.90 Å². The van der Waals surface area contributed by atoms with Crippen LogP contribution in [-0.4, -0.2) is 30.1 Å². The summed E-state index contributed by atoms with van der Waals surface area (Å²) >= 11 is 0. The molecule has 2 aliphatic heterocycles. The van der Waals surface area contributed by atoms with Gasteiger partial charge in [-0.15, -0.1) is 0 Å². The highest BCUT2D eigenvalue weighted by Gasteiger charge is 2.42. The van der Waals surface area contributed by atoms with Crippen LogP contribution in [-0.2, 0) is 4.74 Å². The summed E-state index contributed by atoms with van der Waals surface area (Å²) < 4.78 is 5.62. The fourth-order valence-corrected chi connectivity index (χ4v) is 2.11. The molecule has 0 bridgehead atoms. The lowest BCUT2D eigenvalue weighted by atomic mass is 9.98. The number of rotatable bonds is 0. The van der Waals surface area contributed by atoms with Gasteiger partial charge in [0.25, 0.3) is 0 Å². The van der Waals surface area contributed by atoms with Gasteiger partial charge in [-0.1, -0.05) is 0 Å². The maximum Gasteiger partial charge on any atom is 0.126 e. The van der Waals surface area contributed by atoms with Gasteiger partial charge in [0.1, 0.15) is 5.60 Å². The molecule has 2 nitrogen and oxygen atoms in total. The van der Waals surface area contributed by atoms with Crippen LogP contribution < -0.4 is 0 Å². The summed E-state index contributed by atoms with van der Waals surface area (Å²) in [5, 5.41) is 0. The summed E-state index contributed by atoms with van der Waals surface area (Å²) in [6.45, 7) is 3.34. The summed E-state index contributed by atoms with van der Waals surface area (Å²) in [5.74, 6) is 0. The number of nitrogens with zero attached hydrogens (tertiary/aromatic N) is 1. The Labute approximate surface area is 67.8 Å². The largest absolute Gasteiger partial charge is 0.493 e. The molecule has 2 aliphatic rings. The van der Waals surface area contributed by atoms with Crippen LogP contribution in [0.25, 0.3) is 0 Å². The van der Waals surface area contributed by atoms with Crippen molar-refractivity contribution in [2.75, 3.05) is 13.6 Å². The van der Waals surface area contributed by atoms with Gasteiger partial charge in [0.05, 0.1) is 6.26 Å². The van der Waals surface area contributed by atoms with Crippen LogP contribution in [0.2, 0.25) is 0 Å². The van der Waals surface area contributed by atoms with E-state index in [0.29, 0.717) is 6.04 Å². The Bertz CT molecular complexity index is 168. The van der Waals surface area contributed by atoms with E-state index in [9.17, 15) is 0 Å². The van der Waals surface area contributed by atoms with Gasteiger partial charge in [-0.3, -0.25) is 4.90 Å². The smallest absolute Gasteiger partial charge is 0.126 e. The highest BCUT2D eigenvalue weighted by Crippen LogP contribution is 2.35. The minimum atomic E-state index is 0.147. The van der Waals surface area contributed by atoms with E-state index >= 15 is 0 Å². The highest BCUT2D eigenvalue weighted by atomic mass is 16.5. The minimum Gasteiger partial charge on any atom is -0.493 e. The Balaban J connectivity index is 2.08. The normalized spacial score (nSPS) is 43.6. The molecule has 2 heterocycles. The third-order valence-electron chi connectivity index (χ3n) is 2.86. The summed E-state index contributed by atoms with van der Waals surface area (Å²) in [4.78, 5) is 2.37. The van der Waals surface area contributed by atoms with Gasteiger partial charge >= 0.3 is 0 Å². The number of likely N-dealkylation sites (N-methyl/N-ethyl adjacent to an activating group) is 1. The van der Waals surface area contributed by atoms with Gasteiger partial charge in [-0.2, -0.15) is 0 Å². The van der Waals surface area contributed by atoms with E-state index < -0.39 is 0 Å². The van der Waals surface area contributed by atoms with E-state index in [1.807, 2.05) is 6.26 Å². The third-order valence-corrected chi connectivity index (χ3v) is 2.86. The Kier molecular flexibility index (Phi) is 1.46. The van der Waals surface area contributed by atoms with Crippen molar-refractivity contribution < 1.29 is 4.74 Å². The van der Waals surface area contributed by atoms with Gasteiger partial charge in [-0.05, 0) is 20.0 Å². The van der Waals surface area contributed by atoms with Gasteiger partial charge in [-0.25, -0.2) is 0 Å². The average Bonchev–Trinajstić information content (AvgIpc) is 2.46. The molecule has 2 rings (SSSR count). The molecule has 1 spiro atoms. The highest BCUT2D eigenvalue weighted by molar-refractivity contribution is 5.05. The van der Waals surface area contributed by atoms with Crippen molar-refractivity contribution in [3.05, 3.63) is 12.3 Å². The lowest BCUT2D eigenvalue weighted by Gasteiger charge is -2.22. The molecular formula is C9H15NO. The zero-order valence-electron chi connectivity index (χ0n) is 7.21. The van der Waals surface area contributed by atoms with Crippen LogP contribution in [0.15, 0.2) is 12.3 Å². The van der Waals surface area contributed by atoms with Crippen LogP contribution in [0, 0.1) is 0 Å². The van der Waals surface area contributed by atoms with Gasteiger partial charge in [0.15, 0.2) is 0 Å². The number of hydrogen-bond acceptors (Lipinski definition) is 2. The van der Waals surface area contributed by atoms with Crippen LogP contribution in [0.1, 0.15) is 19.8 Å². The lowest BCUT2D eigenvalue weighted by Crippen LogP contribution is -2.30. The first-order valence-electron chi connectivity index (χ1n) is 4.25. The fraction of sp³-hybridized carbons (Fsp3) is 0.778. The third kappa shape index (κ3) is 1.06. The zero-order valence-corrected chi connectivity index (χ0v) is 7.21. The Morgan fingerprint density at radius 2 is 2.45 bits per heavy atom. The maximum absolute atomic E-state index is 5.62. The predicted molar refractivity (Wildman–Crippen MR) is 44.3 cm³/mol. The molecule has 2 atom stereocenters. The molecular weight excluding hydrogens is 138 g/mol. The van der Waals surface area contributed by atoms with Crippen LogP contribution in [0.5, 0.6) is 0 Å². The molecule has 0 amide bonds. The Morgan fingerprint density at radius 1 is 1.64 bits per heavy atom. The SMILES string of the molecule is CC1CC2(CC=CO2)CN1C. The molecule has 11 heavy (non-hydrogen) atoms. The first-order chi connectivity index (χ1) is 5.22. The van der Waals surface area contributed by atoms with Crippen molar-refractivity contribution in [3.63, 3.8) is 0 Å². The first kappa shape index (κ1) is 7.17. The van der Waals surface area contributed by atoms with Crippen molar-refractivity contribution in [2.24, 2.45) is 0 Å². The quantitative estimate of drug-likeness (QED) is 0.521. The van der Waals surface area contributed by atoms with Crippen molar-refractivity contribution in [2.45, 2.75) is 31.4 Å². The molecule has 2 heteroatoms. The van der Waals surface area contributed by atoms with Crippen molar-refractivity contribution in [1.29, 1.82) is 0 Å². The molecule has 1 fully saturated rings. The van der Waals surface area contributed by atoms with Crippen LogP contribution >= 0.6 is 0 Å². The van der Waals surface area contributed by atoms with Crippen LogP contribution in [0.4, 0.5) is 0 Å². The second-order valence-corrected chi connectivity index (χ2v) is 3.85. The molecule has 62 valence electrons. The molecule has 0 aromatic carbocycles. The summed E-state index contributed by atoms with van der Waals surface area (Å²) in [7, 11) is 2.17. The molecule has 0 radical (unpaired) electrons. The molecule has 0 aromatic heterocycles. The number of hydrogen-bond donors (Lipinski definition) is 0. The van der Waals surface area contributed by atoms with E-state index in [1.165, 1.54) is 6.42 Å². The van der Waals surface area contributed by atoms with Crippen molar-refractivity contribution in [3.8, 4) is 0 Å². The minimum absolute atomic E-state index is 0.147. The average molecular weight is 153 g/mol. The summed E-state index contributed by atoms with van der Waals surface area (Å²) in [6, 6.07) is 0.676. The molecule has 0 aliphatic carbocycles. The molecule has 1 saturated heterocycles. The van der Waals surface area contributed by atoms with E-state index in [-0.39, 0.29) is 5.60 Å². The second kappa shape index (κ2) is 2.24. The van der Waals surface area contributed by atoms with E-state index in [1.54, 1.807) is 0 Å². The predicted octanol–water partition coefficient (Wildman–Crippen LogP) is 1.38. The van der Waals surface area contributed by atoms with Gasteiger partial charge < -0.3 is 4.74 Å². The standard InChI is InChI=1S/C9H15NO/c1-8-6-9(7-10(8)2)4-3-5-11-9/h3,5,8H,4,6-7H2,1-2H3. The van der Waals surface area contributed by atoms with E-state index in [4.69, 9.17) is 4.74 Å². The topological polar surface area (TPSA) is 12.5 Å². The summed E-state index contributed by atoms with van der Waals surface area (Å²) in [6.07, 6.45) is 6.26. The number of ether oxygens (including phenoxy) is 1. The van der Waals surface area contributed by atoms with Crippen LogP contribution in [0.3, 0.4) is 0 Å². The molecule has 0 saturated carbocycles. The monoisotopic (exact) mass is 153 g/mol. The maximum atomic E-state index is 5.62. The van der Waals surface area contributed by atoms with E-state index in [0.717, 1.165) is 13.0 Å². The molecule has 2 unspecified atom stereocenters. The first-order valence-corrected chi connectivity index (χ1v) is 4.25.